The molecule has 10 heteroatoms. The number of carbonyl (C=O) groups is 1. The van der Waals surface area contributed by atoms with E-state index in [1.807, 2.05) is 6.92 Å². The first kappa shape index (κ1) is 22.0. The summed E-state index contributed by atoms with van der Waals surface area (Å²) < 4.78 is 34.1. The lowest BCUT2D eigenvalue weighted by atomic mass is 10.0. The topological polar surface area (TPSA) is 103 Å². The standard InChI is InChI=1S/C23H19F2N5O3/c1-4-17-14(9-13(10-26-17)22-29-30(3)23(32)33-22)18-8-12(2)19(11-27-18)28-21(31)20-15(24)6-5-7-16(20)25/h5-11H,4H2,1-3H3,(H,28,31). The average molecular weight is 451 g/mol. The van der Waals surface area contributed by atoms with Gasteiger partial charge in [0.2, 0.25) is 0 Å². The van der Waals surface area contributed by atoms with Gasteiger partial charge in [-0.1, -0.05) is 13.0 Å². The molecular formula is C23H19F2N5O3. The zero-order valence-electron chi connectivity index (χ0n) is 18.0. The molecule has 0 fully saturated rings. The van der Waals surface area contributed by atoms with Crippen LogP contribution in [0.2, 0.25) is 0 Å². The van der Waals surface area contributed by atoms with Crippen molar-refractivity contribution in [2.45, 2.75) is 20.3 Å². The molecule has 1 amide bonds. The van der Waals surface area contributed by atoms with Gasteiger partial charge in [0.15, 0.2) is 0 Å². The summed E-state index contributed by atoms with van der Waals surface area (Å²) in [5, 5.41) is 6.55. The number of benzene rings is 1. The molecule has 0 unspecified atom stereocenters. The minimum atomic E-state index is -0.952. The van der Waals surface area contributed by atoms with E-state index in [1.54, 1.807) is 25.3 Å². The molecule has 1 N–H and O–H groups in total. The number of hydrogen-bond acceptors (Lipinski definition) is 6. The van der Waals surface area contributed by atoms with E-state index in [1.165, 1.54) is 19.3 Å². The number of aromatic nitrogens is 4. The van der Waals surface area contributed by atoms with Crippen molar-refractivity contribution in [3.8, 4) is 22.7 Å². The van der Waals surface area contributed by atoms with Crippen LogP contribution in [0.25, 0.3) is 22.7 Å². The van der Waals surface area contributed by atoms with Crippen LogP contribution >= 0.6 is 0 Å². The number of anilines is 1. The molecule has 1 aromatic carbocycles. The Hall–Kier alpha value is -4.21. The second kappa shape index (κ2) is 8.73. The van der Waals surface area contributed by atoms with Crippen molar-refractivity contribution in [3.05, 3.63) is 81.7 Å². The van der Waals surface area contributed by atoms with E-state index in [9.17, 15) is 18.4 Å². The lowest BCUT2D eigenvalue weighted by Gasteiger charge is -2.12. The zero-order chi connectivity index (χ0) is 23.7. The largest absolute Gasteiger partial charge is 0.437 e. The van der Waals surface area contributed by atoms with Gasteiger partial charge < -0.3 is 9.73 Å². The molecular weight excluding hydrogens is 432 g/mol. The summed E-state index contributed by atoms with van der Waals surface area (Å²) in [6.45, 7) is 3.68. The average Bonchev–Trinajstić information content (AvgIpc) is 3.13. The van der Waals surface area contributed by atoms with E-state index < -0.39 is 28.9 Å². The molecule has 0 aliphatic rings. The lowest BCUT2D eigenvalue weighted by molar-refractivity contribution is 0.101. The third-order valence-corrected chi connectivity index (χ3v) is 5.07. The molecule has 0 radical (unpaired) electrons. The van der Waals surface area contributed by atoms with E-state index >= 15 is 0 Å². The fraction of sp³-hybridized carbons (Fsp3) is 0.174. The molecule has 0 saturated carbocycles. The molecule has 33 heavy (non-hydrogen) atoms. The molecule has 8 nitrogen and oxygen atoms in total. The Kier molecular flexibility index (Phi) is 5.82. The highest BCUT2D eigenvalue weighted by Gasteiger charge is 2.19. The molecule has 0 aliphatic heterocycles. The van der Waals surface area contributed by atoms with Crippen molar-refractivity contribution in [2.75, 3.05) is 5.32 Å². The molecule has 4 aromatic rings. The molecule has 168 valence electrons. The Morgan fingerprint density at radius 3 is 2.48 bits per heavy atom. The van der Waals surface area contributed by atoms with Gasteiger partial charge in [-0.05, 0) is 43.2 Å². The quantitative estimate of drug-likeness (QED) is 0.494. The summed E-state index contributed by atoms with van der Waals surface area (Å²) in [5.41, 5.74) is 2.80. The van der Waals surface area contributed by atoms with Crippen LogP contribution in [0.3, 0.4) is 0 Å². The predicted octanol–water partition coefficient (Wildman–Crippen LogP) is 3.90. The van der Waals surface area contributed by atoms with Crippen LogP contribution in [0, 0.1) is 18.6 Å². The number of pyridine rings is 2. The van der Waals surface area contributed by atoms with Crippen LogP contribution < -0.4 is 11.1 Å². The Bertz CT molecular complexity index is 1410. The summed E-state index contributed by atoms with van der Waals surface area (Å²) in [7, 11) is 1.48. The summed E-state index contributed by atoms with van der Waals surface area (Å²) >= 11 is 0. The molecule has 4 rings (SSSR count). The van der Waals surface area contributed by atoms with Crippen molar-refractivity contribution >= 4 is 11.6 Å². The van der Waals surface area contributed by atoms with Crippen LogP contribution in [0.5, 0.6) is 0 Å². The molecule has 3 heterocycles. The van der Waals surface area contributed by atoms with Crippen molar-refractivity contribution in [3.63, 3.8) is 0 Å². The molecule has 0 aliphatic carbocycles. The van der Waals surface area contributed by atoms with Crippen LogP contribution in [-0.2, 0) is 13.5 Å². The predicted molar refractivity (Wildman–Crippen MR) is 117 cm³/mol. The maximum absolute atomic E-state index is 13.9. The van der Waals surface area contributed by atoms with Crippen LogP contribution in [0.4, 0.5) is 14.5 Å². The fourth-order valence-corrected chi connectivity index (χ4v) is 3.31. The lowest BCUT2D eigenvalue weighted by Crippen LogP contribution is -2.16. The van der Waals surface area contributed by atoms with E-state index in [0.717, 1.165) is 22.5 Å². The first-order valence-electron chi connectivity index (χ1n) is 10.0. The summed E-state index contributed by atoms with van der Waals surface area (Å²) in [4.78, 5) is 32.9. The van der Waals surface area contributed by atoms with Gasteiger partial charge in [-0.2, -0.15) is 4.68 Å². The monoisotopic (exact) mass is 451 g/mol. The minimum Gasteiger partial charge on any atom is -0.388 e. The highest BCUT2D eigenvalue weighted by molar-refractivity contribution is 6.05. The number of aryl methyl sites for hydroxylation is 3. The van der Waals surface area contributed by atoms with Gasteiger partial charge >= 0.3 is 5.76 Å². The first-order valence-corrected chi connectivity index (χ1v) is 10.0. The third-order valence-electron chi connectivity index (χ3n) is 5.07. The van der Waals surface area contributed by atoms with Gasteiger partial charge in [-0.15, -0.1) is 5.10 Å². The zero-order valence-corrected chi connectivity index (χ0v) is 18.0. The second-order valence-corrected chi connectivity index (χ2v) is 7.30. The van der Waals surface area contributed by atoms with Crippen molar-refractivity contribution in [2.24, 2.45) is 7.05 Å². The number of carbonyl (C=O) groups excluding carboxylic acids is 1. The highest BCUT2D eigenvalue weighted by Crippen LogP contribution is 2.29. The number of nitrogens with one attached hydrogen (secondary N) is 1. The normalized spacial score (nSPS) is 10.9. The maximum Gasteiger partial charge on any atom is 0.437 e. The van der Waals surface area contributed by atoms with Crippen LogP contribution in [-0.4, -0.2) is 25.7 Å². The third kappa shape index (κ3) is 4.27. The van der Waals surface area contributed by atoms with E-state index in [-0.39, 0.29) is 5.89 Å². The molecule has 0 bridgehead atoms. The number of nitrogens with zero attached hydrogens (tertiary/aromatic N) is 4. The Labute approximate surface area is 186 Å². The van der Waals surface area contributed by atoms with Crippen LogP contribution in [0.15, 0.2) is 51.9 Å². The second-order valence-electron chi connectivity index (χ2n) is 7.30. The molecule has 3 aromatic heterocycles. The fourth-order valence-electron chi connectivity index (χ4n) is 3.31. The molecule has 0 atom stereocenters. The van der Waals surface area contributed by atoms with E-state index in [0.29, 0.717) is 34.5 Å². The van der Waals surface area contributed by atoms with Gasteiger partial charge in [0.1, 0.15) is 17.2 Å². The van der Waals surface area contributed by atoms with E-state index in [2.05, 4.69) is 20.4 Å². The molecule has 0 spiro atoms. The van der Waals surface area contributed by atoms with Gasteiger partial charge in [0, 0.05) is 24.5 Å². The molecule has 0 saturated heterocycles. The maximum atomic E-state index is 13.9. The van der Waals surface area contributed by atoms with Crippen molar-refractivity contribution < 1.29 is 18.0 Å². The summed E-state index contributed by atoms with van der Waals surface area (Å²) in [6.07, 6.45) is 3.60. The smallest absolute Gasteiger partial charge is 0.388 e. The first-order chi connectivity index (χ1) is 15.8. The minimum absolute atomic E-state index is 0.131. The highest BCUT2D eigenvalue weighted by atomic mass is 19.1. The Morgan fingerprint density at radius 2 is 1.88 bits per heavy atom. The SMILES string of the molecule is CCc1ncc(-c2nn(C)c(=O)o2)cc1-c1cc(C)c(NC(=O)c2c(F)cccc2F)cn1. The van der Waals surface area contributed by atoms with Gasteiger partial charge in [-0.25, -0.2) is 13.6 Å². The van der Waals surface area contributed by atoms with Crippen LogP contribution in [0.1, 0.15) is 28.5 Å². The number of halogens is 2. The van der Waals surface area contributed by atoms with E-state index in [4.69, 9.17) is 4.42 Å². The summed E-state index contributed by atoms with van der Waals surface area (Å²) in [6, 6.07) is 6.71. The van der Waals surface area contributed by atoms with Gasteiger partial charge in [-0.3, -0.25) is 14.8 Å². The van der Waals surface area contributed by atoms with Crippen molar-refractivity contribution in [1.29, 1.82) is 0 Å². The van der Waals surface area contributed by atoms with Crippen molar-refractivity contribution in [1.82, 2.24) is 19.7 Å². The Balaban J connectivity index is 1.68. The number of rotatable bonds is 5. The number of amides is 1. The summed E-state index contributed by atoms with van der Waals surface area (Å²) in [5.74, 6) is -3.28. The van der Waals surface area contributed by atoms with Gasteiger partial charge in [0.25, 0.3) is 11.8 Å². The van der Waals surface area contributed by atoms with Gasteiger partial charge in [0.05, 0.1) is 23.1 Å². The number of hydrogen-bond donors (Lipinski definition) is 1. The Morgan fingerprint density at radius 1 is 1.15 bits per heavy atom.